The Morgan fingerprint density at radius 1 is 1.47 bits per heavy atom. The average Bonchev–Trinajstić information content (AvgIpc) is 2.26. The first-order valence-corrected chi connectivity index (χ1v) is 5.29. The van der Waals surface area contributed by atoms with Crippen molar-refractivity contribution in [1.82, 2.24) is 0 Å². The van der Waals surface area contributed by atoms with Crippen molar-refractivity contribution in [1.29, 1.82) is 5.26 Å². The van der Waals surface area contributed by atoms with Crippen molar-refractivity contribution in [2.75, 3.05) is 5.32 Å². The van der Waals surface area contributed by atoms with Gasteiger partial charge >= 0.3 is 6.18 Å². The summed E-state index contributed by atoms with van der Waals surface area (Å²) in [5.74, 6) is 0. The van der Waals surface area contributed by atoms with Gasteiger partial charge < -0.3 is 5.32 Å². The van der Waals surface area contributed by atoms with E-state index in [2.05, 4.69) is 5.32 Å². The molecule has 1 aromatic rings. The molecule has 92 valence electrons. The van der Waals surface area contributed by atoms with Crippen molar-refractivity contribution in [3.8, 4) is 6.07 Å². The monoisotopic (exact) mass is 262 g/mol. The number of halogens is 4. The first-order chi connectivity index (χ1) is 7.88. The summed E-state index contributed by atoms with van der Waals surface area (Å²) in [4.78, 5) is 0. The number of anilines is 1. The van der Waals surface area contributed by atoms with E-state index in [1.165, 1.54) is 0 Å². The number of nitriles is 1. The number of hydrogen-bond acceptors (Lipinski definition) is 2. The van der Waals surface area contributed by atoms with Gasteiger partial charge in [-0.05, 0) is 24.6 Å². The van der Waals surface area contributed by atoms with Crippen molar-refractivity contribution in [3.63, 3.8) is 0 Å². The summed E-state index contributed by atoms with van der Waals surface area (Å²) in [6.45, 7) is 1.75. The maximum Gasteiger partial charge on any atom is 0.416 e. The molecule has 1 aromatic carbocycles. The quantitative estimate of drug-likeness (QED) is 0.891. The Bertz CT molecular complexity index is 437. The van der Waals surface area contributed by atoms with Crippen LogP contribution in [0.25, 0.3) is 0 Å². The lowest BCUT2D eigenvalue weighted by Crippen LogP contribution is -2.16. The summed E-state index contributed by atoms with van der Waals surface area (Å²) in [6, 6.07) is 4.35. The van der Waals surface area contributed by atoms with Crippen LogP contribution in [-0.2, 0) is 6.18 Å². The zero-order valence-electron chi connectivity index (χ0n) is 8.98. The standard InChI is InChI=1S/C11H10ClF3N2/c1-2-8(6-16)17-10-5-7(11(13,14)15)3-4-9(10)12/h3-5,8,17H,2H2,1H3. The Kier molecular flexibility index (Phi) is 4.24. The van der Waals surface area contributed by atoms with Crippen molar-refractivity contribution < 1.29 is 13.2 Å². The van der Waals surface area contributed by atoms with Gasteiger partial charge in [-0.25, -0.2) is 0 Å². The van der Waals surface area contributed by atoms with E-state index in [1.807, 2.05) is 6.07 Å². The van der Waals surface area contributed by atoms with Crippen LogP contribution in [-0.4, -0.2) is 6.04 Å². The zero-order valence-corrected chi connectivity index (χ0v) is 9.73. The maximum absolute atomic E-state index is 12.5. The van der Waals surface area contributed by atoms with Crippen LogP contribution in [0.1, 0.15) is 18.9 Å². The fraction of sp³-hybridized carbons (Fsp3) is 0.364. The third-order valence-corrected chi connectivity index (χ3v) is 2.52. The van der Waals surface area contributed by atoms with Crippen LogP contribution in [0.4, 0.5) is 18.9 Å². The minimum Gasteiger partial charge on any atom is -0.369 e. The topological polar surface area (TPSA) is 35.8 Å². The molecule has 0 saturated heterocycles. The molecule has 0 saturated carbocycles. The fourth-order valence-corrected chi connectivity index (χ4v) is 1.40. The van der Waals surface area contributed by atoms with Crippen LogP contribution in [0.5, 0.6) is 0 Å². The summed E-state index contributed by atoms with van der Waals surface area (Å²) < 4.78 is 37.4. The van der Waals surface area contributed by atoms with E-state index in [1.54, 1.807) is 6.92 Å². The van der Waals surface area contributed by atoms with Gasteiger partial charge in [0.1, 0.15) is 6.04 Å². The lowest BCUT2D eigenvalue weighted by Gasteiger charge is -2.14. The van der Waals surface area contributed by atoms with Crippen LogP contribution in [0, 0.1) is 11.3 Å². The molecule has 0 spiro atoms. The van der Waals surface area contributed by atoms with Crippen LogP contribution < -0.4 is 5.32 Å². The van der Waals surface area contributed by atoms with Crippen LogP contribution in [0.15, 0.2) is 18.2 Å². The second kappa shape index (κ2) is 5.28. The Balaban J connectivity index is 3.04. The first kappa shape index (κ1) is 13.7. The highest BCUT2D eigenvalue weighted by Crippen LogP contribution is 2.34. The van der Waals surface area contributed by atoms with Gasteiger partial charge in [-0.1, -0.05) is 18.5 Å². The summed E-state index contributed by atoms with van der Waals surface area (Å²) in [5.41, 5.74) is -0.674. The number of hydrogen-bond donors (Lipinski definition) is 1. The van der Waals surface area contributed by atoms with E-state index in [4.69, 9.17) is 16.9 Å². The molecule has 17 heavy (non-hydrogen) atoms. The molecule has 2 nitrogen and oxygen atoms in total. The minimum absolute atomic E-state index is 0.120. The number of nitrogens with zero attached hydrogens (tertiary/aromatic N) is 1. The predicted octanol–water partition coefficient (Wildman–Crippen LogP) is 4.07. The molecule has 0 bridgehead atoms. The minimum atomic E-state index is -4.42. The van der Waals surface area contributed by atoms with Gasteiger partial charge in [0.15, 0.2) is 0 Å². The molecule has 0 aliphatic heterocycles. The third-order valence-electron chi connectivity index (χ3n) is 2.19. The fourth-order valence-electron chi connectivity index (χ4n) is 1.23. The van der Waals surface area contributed by atoms with Gasteiger partial charge in [0.05, 0.1) is 22.3 Å². The van der Waals surface area contributed by atoms with E-state index in [0.717, 1.165) is 18.2 Å². The molecule has 0 aromatic heterocycles. The zero-order chi connectivity index (χ0) is 13.1. The van der Waals surface area contributed by atoms with Gasteiger partial charge in [0, 0.05) is 0 Å². The van der Waals surface area contributed by atoms with Crippen LogP contribution in [0.3, 0.4) is 0 Å². The SMILES string of the molecule is CCC(C#N)Nc1cc(C(F)(F)F)ccc1Cl. The Labute approximate surface area is 102 Å². The normalized spacial score (nSPS) is 12.9. The maximum atomic E-state index is 12.5. The molecule has 0 heterocycles. The van der Waals surface area contributed by atoms with Crippen molar-refractivity contribution in [2.24, 2.45) is 0 Å². The van der Waals surface area contributed by atoms with E-state index < -0.39 is 17.8 Å². The third kappa shape index (κ3) is 3.53. The van der Waals surface area contributed by atoms with Crippen molar-refractivity contribution in [3.05, 3.63) is 28.8 Å². The molecule has 1 rings (SSSR count). The second-order valence-corrected chi connectivity index (χ2v) is 3.83. The molecule has 0 amide bonds. The van der Waals surface area contributed by atoms with Crippen molar-refractivity contribution in [2.45, 2.75) is 25.6 Å². The van der Waals surface area contributed by atoms with Crippen molar-refractivity contribution >= 4 is 17.3 Å². The largest absolute Gasteiger partial charge is 0.416 e. The molecule has 0 aliphatic rings. The van der Waals surface area contributed by atoms with Crippen LogP contribution in [0.2, 0.25) is 5.02 Å². The smallest absolute Gasteiger partial charge is 0.369 e. The Hall–Kier alpha value is -1.41. The molecule has 1 N–H and O–H groups in total. The van der Waals surface area contributed by atoms with E-state index in [-0.39, 0.29) is 10.7 Å². The highest BCUT2D eigenvalue weighted by Gasteiger charge is 2.31. The highest BCUT2D eigenvalue weighted by atomic mass is 35.5. The Morgan fingerprint density at radius 2 is 2.12 bits per heavy atom. The molecule has 1 atom stereocenters. The lowest BCUT2D eigenvalue weighted by atomic mass is 10.1. The molecular formula is C11H10ClF3N2. The van der Waals surface area contributed by atoms with Gasteiger partial charge in [-0.3, -0.25) is 0 Å². The summed E-state index contributed by atoms with van der Waals surface area (Å²) in [6.07, 6.45) is -3.95. The number of alkyl halides is 3. The van der Waals surface area contributed by atoms with Gasteiger partial charge in [-0.15, -0.1) is 0 Å². The number of benzene rings is 1. The van der Waals surface area contributed by atoms with Crippen LogP contribution >= 0.6 is 11.6 Å². The van der Waals surface area contributed by atoms with E-state index >= 15 is 0 Å². The second-order valence-electron chi connectivity index (χ2n) is 3.43. The average molecular weight is 263 g/mol. The van der Waals surface area contributed by atoms with Gasteiger partial charge in [-0.2, -0.15) is 18.4 Å². The molecule has 6 heteroatoms. The Morgan fingerprint density at radius 3 is 2.59 bits per heavy atom. The molecule has 0 fully saturated rings. The molecule has 0 aliphatic carbocycles. The van der Waals surface area contributed by atoms with E-state index in [0.29, 0.717) is 6.42 Å². The molecule has 1 unspecified atom stereocenters. The number of rotatable bonds is 3. The summed E-state index contributed by atoms with van der Waals surface area (Å²) >= 11 is 5.77. The van der Waals surface area contributed by atoms with E-state index in [9.17, 15) is 13.2 Å². The summed E-state index contributed by atoms with van der Waals surface area (Å²) in [5, 5.41) is 11.6. The summed E-state index contributed by atoms with van der Waals surface area (Å²) in [7, 11) is 0. The highest BCUT2D eigenvalue weighted by molar-refractivity contribution is 6.33. The lowest BCUT2D eigenvalue weighted by molar-refractivity contribution is -0.137. The van der Waals surface area contributed by atoms with Gasteiger partial charge in [0.25, 0.3) is 0 Å². The molecule has 0 radical (unpaired) electrons. The molecular weight excluding hydrogens is 253 g/mol. The van der Waals surface area contributed by atoms with Gasteiger partial charge in [0.2, 0.25) is 0 Å². The predicted molar refractivity (Wildman–Crippen MR) is 59.8 cm³/mol. The number of nitrogens with one attached hydrogen (secondary N) is 1. The first-order valence-electron chi connectivity index (χ1n) is 4.91.